The number of anilines is 3. The third kappa shape index (κ3) is 4.65. The molecule has 128 valence electrons. The summed E-state index contributed by atoms with van der Waals surface area (Å²) in [7, 11) is 0. The highest BCUT2D eigenvalue weighted by Crippen LogP contribution is 2.24. The molecule has 0 aliphatic rings. The van der Waals surface area contributed by atoms with Gasteiger partial charge in [0, 0.05) is 11.9 Å². The zero-order valence-electron chi connectivity index (χ0n) is 13.3. The normalized spacial score (nSPS) is 12.0. The van der Waals surface area contributed by atoms with Gasteiger partial charge in [-0.25, -0.2) is 9.78 Å². The van der Waals surface area contributed by atoms with E-state index >= 15 is 0 Å². The monoisotopic (exact) mass is 394 g/mol. The molecule has 2 rings (SSSR count). The van der Waals surface area contributed by atoms with Crippen molar-refractivity contribution in [3.05, 3.63) is 40.5 Å². The maximum absolute atomic E-state index is 11.0. The number of halogens is 1. The number of nitrogens with one attached hydrogen (secondary N) is 2. The molecule has 2 aromatic rings. The molecule has 0 fully saturated rings. The summed E-state index contributed by atoms with van der Waals surface area (Å²) in [5.74, 6) is 0.0966. The van der Waals surface area contributed by atoms with Gasteiger partial charge in [-0.2, -0.15) is 4.98 Å². The molecule has 0 saturated heterocycles. The van der Waals surface area contributed by atoms with E-state index in [-0.39, 0.29) is 24.1 Å². The van der Waals surface area contributed by atoms with Crippen LogP contribution in [0, 0.1) is 5.92 Å². The molecule has 0 amide bonds. The fraction of sp³-hybridized carbons (Fsp3) is 0.312. The molecule has 0 aliphatic heterocycles. The van der Waals surface area contributed by atoms with Gasteiger partial charge in [0.15, 0.2) is 0 Å². The second-order valence-electron chi connectivity index (χ2n) is 5.58. The van der Waals surface area contributed by atoms with Gasteiger partial charge in [0.25, 0.3) is 0 Å². The van der Waals surface area contributed by atoms with Gasteiger partial charge >= 0.3 is 5.97 Å². The second kappa shape index (κ2) is 8.07. The fourth-order valence-electron chi connectivity index (χ4n) is 1.99. The van der Waals surface area contributed by atoms with E-state index in [0.29, 0.717) is 21.9 Å². The molecule has 1 heterocycles. The maximum atomic E-state index is 11.0. The molecule has 0 aliphatic carbocycles. The Balaban J connectivity index is 2.21. The van der Waals surface area contributed by atoms with Crippen molar-refractivity contribution in [2.75, 3.05) is 17.2 Å². The number of benzene rings is 1. The van der Waals surface area contributed by atoms with Crippen molar-refractivity contribution in [2.45, 2.75) is 19.9 Å². The van der Waals surface area contributed by atoms with Crippen molar-refractivity contribution in [1.82, 2.24) is 9.97 Å². The Hall–Kier alpha value is -2.19. The van der Waals surface area contributed by atoms with E-state index in [4.69, 9.17) is 5.11 Å². The molecule has 24 heavy (non-hydrogen) atoms. The van der Waals surface area contributed by atoms with Crippen LogP contribution in [0.1, 0.15) is 24.2 Å². The number of nitrogens with zero attached hydrogens (tertiary/aromatic N) is 2. The highest BCUT2D eigenvalue weighted by molar-refractivity contribution is 9.10. The summed E-state index contributed by atoms with van der Waals surface area (Å²) in [6.07, 6.45) is 1.59. The highest BCUT2D eigenvalue weighted by atomic mass is 79.9. The van der Waals surface area contributed by atoms with E-state index < -0.39 is 5.97 Å². The van der Waals surface area contributed by atoms with Crippen molar-refractivity contribution in [2.24, 2.45) is 5.92 Å². The minimum Gasteiger partial charge on any atom is -0.478 e. The summed E-state index contributed by atoms with van der Waals surface area (Å²) >= 11 is 3.38. The first-order chi connectivity index (χ1) is 11.4. The van der Waals surface area contributed by atoms with Gasteiger partial charge in [0.05, 0.1) is 22.7 Å². The van der Waals surface area contributed by atoms with Crippen LogP contribution in [0.5, 0.6) is 0 Å². The maximum Gasteiger partial charge on any atom is 0.335 e. The molecule has 4 N–H and O–H groups in total. The van der Waals surface area contributed by atoms with Crippen LogP contribution in [0.15, 0.2) is 34.9 Å². The lowest BCUT2D eigenvalue weighted by Crippen LogP contribution is -2.30. The van der Waals surface area contributed by atoms with E-state index in [1.54, 1.807) is 18.3 Å². The molecule has 1 atom stereocenters. The zero-order valence-corrected chi connectivity index (χ0v) is 14.9. The van der Waals surface area contributed by atoms with Gasteiger partial charge in [-0.05, 0) is 40.0 Å². The smallest absolute Gasteiger partial charge is 0.335 e. The van der Waals surface area contributed by atoms with Crippen LogP contribution in [0.4, 0.5) is 17.5 Å². The molecule has 1 aromatic carbocycles. The summed E-state index contributed by atoms with van der Waals surface area (Å²) in [4.78, 5) is 19.6. The van der Waals surface area contributed by atoms with Gasteiger partial charge < -0.3 is 20.8 Å². The Morgan fingerprint density at radius 1 is 1.38 bits per heavy atom. The van der Waals surface area contributed by atoms with E-state index in [2.05, 4.69) is 36.5 Å². The Kier molecular flexibility index (Phi) is 6.10. The summed E-state index contributed by atoms with van der Waals surface area (Å²) < 4.78 is 0.673. The molecule has 0 saturated carbocycles. The van der Waals surface area contributed by atoms with Crippen molar-refractivity contribution in [3.8, 4) is 0 Å². The standard InChI is InChI=1S/C16H19BrN4O3/c1-9(2)13(8-22)20-14-12(17)7-18-16(21-14)19-11-5-3-4-10(6-11)15(23)24/h3-7,9,13,22H,8H2,1-2H3,(H,23,24)(H2,18,19,20,21)/t13-/m0/s1. The van der Waals surface area contributed by atoms with E-state index in [9.17, 15) is 9.90 Å². The van der Waals surface area contributed by atoms with Gasteiger partial charge in [-0.15, -0.1) is 0 Å². The number of carboxylic acids is 1. The lowest BCUT2D eigenvalue weighted by atomic mass is 10.1. The van der Waals surface area contributed by atoms with Crippen molar-refractivity contribution in [1.29, 1.82) is 0 Å². The first-order valence-electron chi connectivity index (χ1n) is 7.41. The van der Waals surface area contributed by atoms with E-state index in [0.717, 1.165) is 0 Å². The average molecular weight is 395 g/mol. The molecular weight excluding hydrogens is 376 g/mol. The molecule has 0 radical (unpaired) electrons. The molecule has 0 bridgehead atoms. The molecule has 8 heteroatoms. The van der Waals surface area contributed by atoms with Crippen molar-refractivity contribution >= 4 is 39.4 Å². The van der Waals surface area contributed by atoms with Crippen molar-refractivity contribution in [3.63, 3.8) is 0 Å². The first kappa shape index (κ1) is 18.2. The number of aliphatic hydroxyl groups excluding tert-OH is 1. The zero-order chi connectivity index (χ0) is 17.7. The lowest BCUT2D eigenvalue weighted by Gasteiger charge is -2.21. The number of aliphatic hydroxyl groups is 1. The fourth-order valence-corrected chi connectivity index (χ4v) is 2.29. The van der Waals surface area contributed by atoms with Crippen LogP contribution in [0.25, 0.3) is 0 Å². The predicted octanol–water partition coefficient (Wildman–Crippen LogP) is 3.11. The average Bonchev–Trinajstić information content (AvgIpc) is 2.55. The van der Waals surface area contributed by atoms with Crippen molar-refractivity contribution < 1.29 is 15.0 Å². The summed E-state index contributed by atoms with van der Waals surface area (Å²) in [6.45, 7) is 3.98. The molecule has 0 unspecified atom stereocenters. The second-order valence-corrected chi connectivity index (χ2v) is 6.43. The van der Waals surface area contributed by atoms with Crippen LogP contribution in [-0.4, -0.2) is 38.8 Å². The van der Waals surface area contributed by atoms with Crippen LogP contribution in [-0.2, 0) is 0 Å². The van der Waals surface area contributed by atoms with Crippen LogP contribution >= 0.6 is 15.9 Å². The van der Waals surface area contributed by atoms with Gasteiger partial charge in [-0.1, -0.05) is 19.9 Å². The van der Waals surface area contributed by atoms with Gasteiger partial charge in [0.2, 0.25) is 5.95 Å². The molecule has 7 nitrogen and oxygen atoms in total. The van der Waals surface area contributed by atoms with Crippen LogP contribution < -0.4 is 10.6 Å². The van der Waals surface area contributed by atoms with Gasteiger partial charge in [0.1, 0.15) is 5.82 Å². The Morgan fingerprint density at radius 2 is 2.12 bits per heavy atom. The summed E-state index contributed by atoms with van der Waals surface area (Å²) in [5.41, 5.74) is 0.751. The number of aromatic nitrogens is 2. The SMILES string of the molecule is CC(C)[C@H](CO)Nc1nc(Nc2cccc(C(=O)O)c2)ncc1Br. The number of carbonyl (C=O) groups is 1. The van der Waals surface area contributed by atoms with Gasteiger partial charge in [-0.3, -0.25) is 0 Å². The van der Waals surface area contributed by atoms with Crippen LogP contribution in [0.2, 0.25) is 0 Å². The third-order valence-electron chi connectivity index (χ3n) is 3.43. The molecule has 1 aromatic heterocycles. The molecular formula is C16H19BrN4O3. The quantitative estimate of drug-likeness (QED) is 0.571. The number of rotatable bonds is 7. The number of hydrogen-bond acceptors (Lipinski definition) is 6. The van der Waals surface area contributed by atoms with E-state index in [1.807, 2.05) is 13.8 Å². The molecule has 0 spiro atoms. The third-order valence-corrected chi connectivity index (χ3v) is 4.01. The Morgan fingerprint density at radius 3 is 2.75 bits per heavy atom. The number of carboxylic acid groups (broad SMARTS) is 1. The number of aromatic carboxylic acids is 1. The Bertz CT molecular complexity index is 724. The predicted molar refractivity (Wildman–Crippen MR) is 95.8 cm³/mol. The largest absolute Gasteiger partial charge is 0.478 e. The summed E-state index contributed by atoms with van der Waals surface area (Å²) in [6, 6.07) is 6.25. The number of hydrogen-bond donors (Lipinski definition) is 4. The Labute approximate surface area is 148 Å². The van der Waals surface area contributed by atoms with E-state index in [1.165, 1.54) is 12.1 Å². The highest BCUT2D eigenvalue weighted by Gasteiger charge is 2.15. The summed E-state index contributed by atoms with van der Waals surface area (Å²) in [5, 5.41) is 24.6. The minimum atomic E-state index is -1.000. The minimum absolute atomic E-state index is 0.0163. The topological polar surface area (TPSA) is 107 Å². The first-order valence-corrected chi connectivity index (χ1v) is 8.20. The van der Waals surface area contributed by atoms with Crippen LogP contribution in [0.3, 0.4) is 0 Å². The lowest BCUT2D eigenvalue weighted by molar-refractivity contribution is 0.0697.